The molecular weight excluding hydrogens is 214 g/mol. The zero-order valence-corrected chi connectivity index (χ0v) is 12.1. The third kappa shape index (κ3) is 6.67. The zero-order valence-electron chi connectivity index (χ0n) is 12.1. The Morgan fingerprint density at radius 3 is 2.29 bits per heavy atom. The standard InChI is InChI=1S/C14H29NO2/c1-6-8-9-11(7-2)10-17-13(16)12(15)14(3,4)5/h11-12H,6-10,15H2,1-5H3/t11?,12-/m0/s1. The van der Waals surface area contributed by atoms with Crippen molar-refractivity contribution in [2.24, 2.45) is 17.1 Å². The van der Waals surface area contributed by atoms with Gasteiger partial charge in [0, 0.05) is 0 Å². The second kappa shape index (κ2) is 7.70. The van der Waals surface area contributed by atoms with Crippen LogP contribution in [-0.2, 0) is 9.53 Å². The van der Waals surface area contributed by atoms with E-state index in [1.165, 1.54) is 12.8 Å². The largest absolute Gasteiger partial charge is 0.464 e. The molecule has 102 valence electrons. The van der Waals surface area contributed by atoms with Gasteiger partial charge in [-0.1, -0.05) is 53.9 Å². The molecule has 0 spiro atoms. The molecule has 0 bridgehead atoms. The Kier molecular flexibility index (Phi) is 7.44. The Morgan fingerprint density at radius 2 is 1.88 bits per heavy atom. The molecule has 2 atom stereocenters. The smallest absolute Gasteiger partial charge is 0.323 e. The highest BCUT2D eigenvalue weighted by molar-refractivity contribution is 5.76. The lowest BCUT2D eigenvalue weighted by atomic mass is 9.87. The first-order valence-corrected chi connectivity index (χ1v) is 6.75. The van der Waals surface area contributed by atoms with E-state index in [4.69, 9.17) is 10.5 Å². The van der Waals surface area contributed by atoms with Gasteiger partial charge < -0.3 is 10.5 Å². The van der Waals surface area contributed by atoms with Crippen molar-refractivity contribution < 1.29 is 9.53 Å². The molecule has 3 nitrogen and oxygen atoms in total. The maximum Gasteiger partial charge on any atom is 0.323 e. The second-order valence-electron chi connectivity index (χ2n) is 5.89. The van der Waals surface area contributed by atoms with Crippen LogP contribution in [0.2, 0.25) is 0 Å². The minimum atomic E-state index is -0.536. The number of hydrogen-bond acceptors (Lipinski definition) is 3. The van der Waals surface area contributed by atoms with Gasteiger partial charge in [-0.15, -0.1) is 0 Å². The Morgan fingerprint density at radius 1 is 1.29 bits per heavy atom. The van der Waals surface area contributed by atoms with Crippen molar-refractivity contribution >= 4 is 5.97 Å². The van der Waals surface area contributed by atoms with Crippen molar-refractivity contribution in [3.63, 3.8) is 0 Å². The fourth-order valence-electron chi connectivity index (χ4n) is 1.54. The number of unbranched alkanes of at least 4 members (excludes halogenated alkanes) is 1. The van der Waals surface area contributed by atoms with Crippen LogP contribution >= 0.6 is 0 Å². The average Bonchev–Trinajstić information content (AvgIpc) is 2.26. The fraction of sp³-hybridized carbons (Fsp3) is 0.929. The highest BCUT2D eigenvalue weighted by atomic mass is 16.5. The van der Waals surface area contributed by atoms with E-state index < -0.39 is 6.04 Å². The van der Waals surface area contributed by atoms with Crippen molar-refractivity contribution in [2.45, 2.75) is 66.3 Å². The summed E-state index contributed by atoms with van der Waals surface area (Å²) in [6, 6.07) is -0.536. The first-order chi connectivity index (χ1) is 7.82. The lowest BCUT2D eigenvalue weighted by molar-refractivity contribution is -0.149. The van der Waals surface area contributed by atoms with E-state index in [0.717, 1.165) is 12.8 Å². The van der Waals surface area contributed by atoms with Crippen LogP contribution in [-0.4, -0.2) is 18.6 Å². The van der Waals surface area contributed by atoms with Gasteiger partial charge >= 0.3 is 5.97 Å². The third-order valence-corrected chi connectivity index (χ3v) is 3.19. The molecule has 0 rings (SSSR count). The van der Waals surface area contributed by atoms with Gasteiger partial charge in [-0.2, -0.15) is 0 Å². The van der Waals surface area contributed by atoms with Crippen molar-refractivity contribution in [1.82, 2.24) is 0 Å². The van der Waals surface area contributed by atoms with Gasteiger partial charge in [-0.05, 0) is 17.8 Å². The number of ether oxygens (including phenoxy) is 1. The topological polar surface area (TPSA) is 52.3 Å². The number of carbonyl (C=O) groups excluding carboxylic acids is 1. The summed E-state index contributed by atoms with van der Waals surface area (Å²) in [5.74, 6) is 0.207. The van der Waals surface area contributed by atoms with Gasteiger partial charge in [0.2, 0.25) is 0 Å². The monoisotopic (exact) mass is 243 g/mol. The summed E-state index contributed by atoms with van der Waals surface area (Å²) in [6.07, 6.45) is 4.57. The van der Waals surface area contributed by atoms with Crippen LogP contribution in [0, 0.1) is 11.3 Å². The van der Waals surface area contributed by atoms with E-state index in [0.29, 0.717) is 12.5 Å². The summed E-state index contributed by atoms with van der Waals surface area (Å²) in [4.78, 5) is 11.7. The molecule has 17 heavy (non-hydrogen) atoms. The Labute approximate surface area is 106 Å². The van der Waals surface area contributed by atoms with Crippen LogP contribution in [0.1, 0.15) is 60.3 Å². The third-order valence-electron chi connectivity index (χ3n) is 3.19. The van der Waals surface area contributed by atoms with Crippen molar-refractivity contribution in [3.8, 4) is 0 Å². The van der Waals surface area contributed by atoms with Gasteiger partial charge in [-0.25, -0.2) is 0 Å². The van der Waals surface area contributed by atoms with Crippen molar-refractivity contribution in [1.29, 1.82) is 0 Å². The maximum atomic E-state index is 11.7. The zero-order chi connectivity index (χ0) is 13.5. The summed E-state index contributed by atoms with van der Waals surface area (Å²) in [5.41, 5.74) is 5.61. The molecule has 1 unspecified atom stereocenters. The molecule has 3 heteroatoms. The van der Waals surface area contributed by atoms with Crippen LogP contribution in [0.3, 0.4) is 0 Å². The van der Waals surface area contributed by atoms with Gasteiger partial charge in [0.1, 0.15) is 6.04 Å². The fourth-order valence-corrected chi connectivity index (χ4v) is 1.54. The molecule has 0 aromatic carbocycles. The molecule has 0 heterocycles. The van der Waals surface area contributed by atoms with Gasteiger partial charge in [-0.3, -0.25) is 4.79 Å². The lowest BCUT2D eigenvalue weighted by Crippen LogP contribution is -2.43. The van der Waals surface area contributed by atoms with Crippen LogP contribution in [0.15, 0.2) is 0 Å². The normalized spacial score (nSPS) is 15.4. The van der Waals surface area contributed by atoms with Gasteiger partial charge in [0.25, 0.3) is 0 Å². The average molecular weight is 243 g/mol. The van der Waals surface area contributed by atoms with Crippen LogP contribution in [0.5, 0.6) is 0 Å². The number of esters is 1. The molecule has 0 aromatic heterocycles. The molecule has 2 N–H and O–H groups in total. The molecule has 0 saturated heterocycles. The molecular formula is C14H29NO2. The number of nitrogens with two attached hydrogens (primary N) is 1. The first kappa shape index (κ1) is 16.4. The number of rotatable bonds is 7. The van der Waals surface area contributed by atoms with E-state index in [9.17, 15) is 4.79 Å². The molecule has 0 radical (unpaired) electrons. The summed E-state index contributed by atoms with van der Waals surface area (Å²) in [7, 11) is 0. The molecule has 0 aliphatic heterocycles. The molecule has 0 aliphatic rings. The van der Waals surface area contributed by atoms with E-state index in [1.54, 1.807) is 0 Å². The lowest BCUT2D eigenvalue weighted by Gasteiger charge is -2.26. The van der Waals surface area contributed by atoms with E-state index in [-0.39, 0.29) is 11.4 Å². The summed E-state index contributed by atoms with van der Waals surface area (Å²) < 4.78 is 5.32. The number of hydrogen-bond donors (Lipinski definition) is 1. The van der Waals surface area contributed by atoms with Crippen LogP contribution in [0.4, 0.5) is 0 Å². The Hall–Kier alpha value is -0.570. The molecule has 0 amide bonds. The highest BCUT2D eigenvalue weighted by Gasteiger charge is 2.29. The van der Waals surface area contributed by atoms with Gasteiger partial charge in [0.05, 0.1) is 6.61 Å². The highest BCUT2D eigenvalue weighted by Crippen LogP contribution is 2.19. The van der Waals surface area contributed by atoms with Crippen LogP contribution < -0.4 is 5.73 Å². The Balaban J connectivity index is 4.04. The van der Waals surface area contributed by atoms with Crippen molar-refractivity contribution in [2.75, 3.05) is 6.61 Å². The van der Waals surface area contributed by atoms with Crippen LogP contribution in [0.25, 0.3) is 0 Å². The predicted octanol–water partition coefficient (Wildman–Crippen LogP) is 3.12. The molecule has 0 fully saturated rings. The minimum absolute atomic E-state index is 0.234. The summed E-state index contributed by atoms with van der Waals surface area (Å²) in [5, 5.41) is 0. The van der Waals surface area contributed by atoms with Crippen molar-refractivity contribution in [3.05, 3.63) is 0 Å². The van der Waals surface area contributed by atoms with E-state index in [2.05, 4.69) is 13.8 Å². The predicted molar refractivity (Wildman–Crippen MR) is 71.7 cm³/mol. The molecule has 0 aromatic rings. The van der Waals surface area contributed by atoms with E-state index >= 15 is 0 Å². The Bertz CT molecular complexity index is 221. The molecule has 0 saturated carbocycles. The van der Waals surface area contributed by atoms with Gasteiger partial charge in [0.15, 0.2) is 0 Å². The minimum Gasteiger partial charge on any atom is -0.464 e. The maximum absolute atomic E-state index is 11.7. The quantitative estimate of drug-likeness (QED) is 0.699. The SMILES string of the molecule is CCCCC(CC)COC(=O)[C@H](N)C(C)(C)C. The van der Waals surface area contributed by atoms with E-state index in [1.807, 2.05) is 20.8 Å². The first-order valence-electron chi connectivity index (χ1n) is 6.75. The summed E-state index contributed by atoms with van der Waals surface area (Å²) in [6.45, 7) is 10.7. The molecule has 0 aliphatic carbocycles. The second-order valence-corrected chi connectivity index (χ2v) is 5.89. The number of carbonyl (C=O) groups is 1. The summed E-state index contributed by atoms with van der Waals surface area (Å²) >= 11 is 0.